The molecule has 2 heterocycles. The molecule has 104 valence electrons. The fourth-order valence-corrected chi connectivity index (χ4v) is 2.91. The Kier molecular flexibility index (Phi) is 3.54. The van der Waals surface area contributed by atoms with Gasteiger partial charge in [-0.05, 0) is 25.7 Å². The zero-order valence-electron chi connectivity index (χ0n) is 11.3. The second kappa shape index (κ2) is 5.17. The molecule has 19 heavy (non-hydrogen) atoms. The Labute approximate surface area is 119 Å². The Morgan fingerprint density at radius 3 is 2.84 bits per heavy atom. The van der Waals surface area contributed by atoms with E-state index in [2.05, 4.69) is 21.7 Å². The van der Waals surface area contributed by atoms with Crippen LogP contribution in [0.25, 0.3) is 0 Å². The Balaban J connectivity index is 1.66. The van der Waals surface area contributed by atoms with E-state index in [4.69, 9.17) is 17.3 Å². The van der Waals surface area contributed by atoms with Crippen molar-refractivity contribution in [1.82, 2.24) is 9.88 Å². The van der Waals surface area contributed by atoms with Crippen LogP contribution < -0.4 is 10.6 Å². The highest BCUT2D eigenvalue weighted by molar-refractivity contribution is 6.32. The van der Waals surface area contributed by atoms with E-state index in [1.54, 1.807) is 6.20 Å². The largest absolute Gasteiger partial charge is 0.397 e. The minimum absolute atomic E-state index is 0.473. The van der Waals surface area contributed by atoms with Gasteiger partial charge in [0.2, 0.25) is 0 Å². The molecular formula is C14H21ClN4. The standard InChI is InChI=1S/C14H21ClN4/c1-10-8-18(9-11-2-3-11)4-5-19(10)14-6-13(16)12(15)7-17-14/h6-7,10-11H,2-5,8-9H2,1H3,(H2,16,17). The van der Waals surface area contributed by atoms with Crippen LogP contribution in [0.15, 0.2) is 12.3 Å². The molecule has 4 nitrogen and oxygen atoms in total. The van der Waals surface area contributed by atoms with Crippen molar-refractivity contribution < 1.29 is 0 Å². The van der Waals surface area contributed by atoms with Crippen LogP contribution in [0.5, 0.6) is 0 Å². The van der Waals surface area contributed by atoms with Crippen molar-refractivity contribution in [1.29, 1.82) is 0 Å². The van der Waals surface area contributed by atoms with Gasteiger partial charge in [-0.1, -0.05) is 11.6 Å². The summed E-state index contributed by atoms with van der Waals surface area (Å²) in [4.78, 5) is 9.32. The molecule has 5 heteroatoms. The molecule has 0 spiro atoms. The number of hydrogen-bond donors (Lipinski definition) is 1. The number of hydrogen-bond acceptors (Lipinski definition) is 4. The smallest absolute Gasteiger partial charge is 0.130 e. The first-order valence-corrected chi connectivity index (χ1v) is 7.41. The summed E-state index contributed by atoms with van der Waals surface area (Å²) in [6.07, 6.45) is 4.49. The van der Waals surface area contributed by atoms with Gasteiger partial charge in [-0.15, -0.1) is 0 Å². The average molecular weight is 281 g/mol. The number of rotatable bonds is 3. The second-order valence-electron chi connectivity index (χ2n) is 5.81. The Morgan fingerprint density at radius 2 is 2.21 bits per heavy atom. The summed E-state index contributed by atoms with van der Waals surface area (Å²) >= 11 is 5.93. The van der Waals surface area contributed by atoms with Gasteiger partial charge in [-0.25, -0.2) is 4.98 Å². The maximum Gasteiger partial charge on any atom is 0.130 e. The molecule has 1 atom stereocenters. The summed E-state index contributed by atoms with van der Waals surface area (Å²) in [6.45, 7) is 6.77. The molecular weight excluding hydrogens is 260 g/mol. The van der Waals surface area contributed by atoms with Gasteiger partial charge in [0, 0.05) is 44.5 Å². The first-order chi connectivity index (χ1) is 9.13. The lowest BCUT2D eigenvalue weighted by atomic mass is 10.1. The molecule has 0 aromatic carbocycles. The van der Waals surface area contributed by atoms with Gasteiger partial charge in [-0.2, -0.15) is 0 Å². The quantitative estimate of drug-likeness (QED) is 0.922. The highest BCUT2D eigenvalue weighted by Crippen LogP contribution is 2.31. The van der Waals surface area contributed by atoms with Crippen LogP contribution in [0, 0.1) is 5.92 Å². The SMILES string of the molecule is CC1CN(CC2CC2)CCN1c1cc(N)c(Cl)cn1. The number of aromatic nitrogens is 1. The van der Waals surface area contributed by atoms with Crippen molar-refractivity contribution in [2.24, 2.45) is 5.92 Å². The van der Waals surface area contributed by atoms with Crippen LogP contribution in [0.4, 0.5) is 11.5 Å². The molecule has 2 aliphatic rings. The Hall–Kier alpha value is -1.00. The van der Waals surface area contributed by atoms with Gasteiger partial charge in [0.15, 0.2) is 0 Å². The molecule has 0 amide bonds. The third-order valence-corrected chi connectivity index (χ3v) is 4.41. The van der Waals surface area contributed by atoms with E-state index < -0.39 is 0 Å². The van der Waals surface area contributed by atoms with Crippen LogP contribution in [0.3, 0.4) is 0 Å². The third-order valence-electron chi connectivity index (χ3n) is 4.09. The average Bonchev–Trinajstić information content (AvgIpc) is 3.17. The number of anilines is 2. The van der Waals surface area contributed by atoms with E-state index >= 15 is 0 Å². The summed E-state index contributed by atoms with van der Waals surface area (Å²) in [5.41, 5.74) is 6.48. The summed E-state index contributed by atoms with van der Waals surface area (Å²) in [5, 5.41) is 0.531. The van der Waals surface area contributed by atoms with Crippen LogP contribution in [-0.2, 0) is 0 Å². The van der Waals surface area contributed by atoms with Crippen molar-refractivity contribution in [2.45, 2.75) is 25.8 Å². The predicted molar refractivity (Wildman–Crippen MR) is 79.6 cm³/mol. The van der Waals surface area contributed by atoms with Crippen LogP contribution in [0.1, 0.15) is 19.8 Å². The summed E-state index contributed by atoms with van der Waals surface area (Å²) in [7, 11) is 0. The van der Waals surface area contributed by atoms with Gasteiger partial charge in [-0.3, -0.25) is 4.90 Å². The molecule has 1 saturated carbocycles. The number of nitrogens with two attached hydrogens (primary N) is 1. The van der Waals surface area contributed by atoms with Crippen LogP contribution >= 0.6 is 11.6 Å². The monoisotopic (exact) mass is 280 g/mol. The van der Waals surface area contributed by atoms with Gasteiger partial charge in [0.1, 0.15) is 5.82 Å². The molecule has 3 rings (SSSR count). The van der Waals surface area contributed by atoms with E-state index in [0.29, 0.717) is 16.8 Å². The zero-order valence-corrected chi connectivity index (χ0v) is 12.1. The van der Waals surface area contributed by atoms with Crippen molar-refractivity contribution >= 4 is 23.1 Å². The second-order valence-corrected chi connectivity index (χ2v) is 6.22. The maximum absolute atomic E-state index is 5.93. The molecule has 2 fully saturated rings. The number of nitrogens with zero attached hydrogens (tertiary/aromatic N) is 3. The lowest BCUT2D eigenvalue weighted by molar-refractivity contribution is 0.220. The summed E-state index contributed by atoms with van der Waals surface area (Å²) < 4.78 is 0. The molecule has 0 radical (unpaired) electrons. The lowest BCUT2D eigenvalue weighted by Gasteiger charge is -2.40. The van der Waals surface area contributed by atoms with Crippen molar-refractivity contribution in [3.05, 3.63) is 17.3 Å². The molecule has 1 aromatic heterocycles. The topological polar surface area (TPSA) is 45.4 Å². The highest BCUT2D eigenvalue weighted by Gasteiger charge is 2.29. The molecule has 1 unspecified atom stereocenters. The van der Waals surface area contributed by atoms with Crippen molar-refractivity contribution in [2.75, 3.05) is 36.8 Å². The fraction of sp³-hybridized carbons (Fsp3) is 0.643. The number of halogens is 1. The third kappa shape index (κ3) is 2.95. The predicted octanol–water partition coefficient (Wildman–Crippen LogP) is 2.24. The minimum atomic E-state index is 0.473. The molecule has 1 aliphatic carbocycles. The van der Waals surface area contributed by atoms with E-state index in [9.17, 15) is 0 Å². The Bertz CT molecular complexity index is 461. The molecule has 0 bridgehead atoms. The maximum atomic E-state index is 5.93. The van der Waals surface area contributed by atoms with Crippen LogP contribution in [0.2, 0.25) is 5.02 Å². The van der Waals surface area contributed by atoms with Gasteiger partial charge in [0.25, 0.3) is 0 Å². The van der Waals surface area contributed by atoms with Crippen molar-refractivity contribution in [3.63, 3.8) is 0 Å². The summed E-state index contributed by atoms with van der Waals surface area (Å²) in [6, 6.07) is 2.36. The van der Waals surface area contributed by atoms with Gasteiger partial charge < -0.3 is 10.6 Å². The first-order valence-electron chi connectivity index (χ1n) is 7.03. The van der Waals surface area contributed by atoms with E-state index in [1.807, 2.05) is 6.07 Å². The number of pyridine rings is 1. The normalized spacial score (nSPS) is 24.7. The van der Waals surface area contributed by atoms with E-state index in [1.165, 1.54) is 19.4 Å². The zero-order chi connectivity index (χ0) is 13.4. The van der Waals surface area contributed by atoms with Crippen molar-refractivity contribution in [3.8, 4) is 0 Å². The first kappa shape index (κ1) is 13.0. The Morgan fingerprint density at radius 1 is 1.42 bits per heavy atom. The lowest BCUT2D eigenvalue weighted by Crippen LogP contribution is -2.52. The minimum Gasteiger partial charge on any atom is -0.397 e. The molecule has 1 aliphatic heterocycles. The molecule has 2 N–H and O–H groups in total. The van der Waals surface area contributed by atoms with Crippen LogP contribution in [-0.4, -0.2) is 42.1 Å². The highest BCUT2D eigenvalue weighted by atomic mass is 35.5. The van der Waals surface area contributed by atoms with Gasteiger partial charge >= 0.3 is 0 Å². The molecule has 1 aromatic rings. The summed E-state index contributed by atoms with van der Waals surface area (Å²) in [5.74, 6) is 1.91. The number of nitrogen functional groups attached to an aromatic ring is 1. The number of piperazine rings is 1. The van der Waals surface area contributed by atoms with E-state index in [-0.39, 0.29) is 0 Å². The van der Waals surface area contributed by atoms with Gasteiger partial charge in [0.05, 0.1) is 10.7 Å². The fourth-order valence-electron chi connectivity index (χ4n) is 2.80. The van der Waals surface area contributed by atoms with E-state index in [0.717, 1.165) is 31.4 Å². The molecule has 1 saturated heterocycles.